The van der Waals surface area contributed by atoms with Crippen LogP contribution >= 0.6 is 11.6 Å². The minimum absolute atomic E-state index is 0.0539. The molecular formula is C17H17ClFNO5. The molecule has 0 aliphatic heterocycles. The fourth-order valence-corrected chi connectivity index (χ4v) is 2.48. The van der Waals surface area contributed by atoms with Crippen LogP contribution in [0, 0.1) is 12.7 Å². The number of furan rings is 1. The summed E-state index contributed by atoms with van der Waals surface area (Å²) in [4.78, 5) is 24.7. The highest BCUT2D eigenvalue weighted by atomic mass is 35.5. The number of ether oxygens (including phenoxy) is 1. The van der Waals surface area contributed by atoms with Crippen molar-refractivity contribution in [3.63, 3.8) is 0 Å². The molecule has 25 heavy (non-hydrogen) atoms. The maximum absolute atomic E-state index is 13.0. The number of aromatic carboxylic acids is 1. The van der Waals surface area contributed by atoms with E-state index in [4.69, 9.17) is 25.9 Å². The molecule has 1 heterocycles. The molecular weight excluding hydrogens is 353 g/mol. The molecule has 6 nitrogen and oxygen atoms in total. The van der Waals surface area contributed by atoms with E-state index in [2.05, 4.69) is 0 Å². The monoisotopic (exact) mass is 369 g/mol. The molecule has 2 rings (SSSR count). The van der Waals surface area contributed by atoms with Gasteiger partial charge in [0.05, 0.1) is 11.6 Å². The lowest BCUT2D eigenvalue weighted by Gasteiger charge is -2.21. The standard InChI is InChI=1S/C17H17ClFNO5/c1-9-13(17(22)23)7-12(24-9)8-20(3)16(21)10(2)25-15-5-4-11(19)6-14(15)18/h4-7,10H,8H2,1-3H3,(H,22,23)/t10-/m0/s1. The third-order valence-electron chi connectivity index (χ3n) is 3.51. The number of likely N-dealkylation sites (N-methyl/N-ethyl adjacent to an activating group) is 1. The summed E-state index contributed by atoms with van der Waals surface area (Å²) in [5, 5.41) is 9.09. The Labute approximate surface area is 148 Å². The van der Waals surface area contributed by atoms with E-state index >= 15 is 0 Å². The molecule has 0 unspecified atom stereocenters. The van der Waals surface area contributed by atoms with Crippen molar-refractivity contribution in [2.75, 3.05) is 7.05 Å². The molecule has 8 heteroatoms. The van der Waals surface area contributed by atoms with Gasteiger partial charge in [-0.25, -0.2) is 9.18 Å². The van der Waals surface area contributed by atoms with Crippen molar-refractivity contribution in [3.8, 4) is 5.75 Å². The molecule has 0 saturated carbocycles. The zero-order chi connectivity index (χ0) is 18.7. The summed E-state index contributed by atoms with van der Waals surface area (Å²) >= 11 is 5.88. The van der Waals surface area contributed by atoms with Gasteiger partial charge in [0.15, 0.2) is 6.10 Å². The van der Waals surface area contributed by atoms with Gasteiger partial charge in [-0.05, 0) is 38.1 Å². The smallest absolute Gasteiger partial charge is 0.339 e. The van der Waals surface area contributed by atoms with Crippen LogP contribution in [-0.2, 0) is 11.3 Å². The molecule has 0 bridgehead atoms. The zero-order valence-electron chi connectivity index (χ0n) is 13.9. The van der Waals surface area contributed by atoms with Crippen LogP contribution < -0.4 is 4.74 Å². The van der Waals surface area contributed by atoms with E-state index in [9.17, 15) is 14.0 Å². The maximum Gasteiger partial charge on any atom is 0.339 e. The molecule has 1 aromatic carbocycles. The lowest BCUT2D eigenvalue weighted by Crippen LogP contribution is -2.37. The van der Waals surface area contributed by atoms with Crippen LogP contribution in [0.4, 0.5) is 4.39 Å². The van der Waals surface area contributed by atoms with Gasteiger partial charge in [-0.15, -0.1) is 0 Å². The first kappa shape index (κ1) is 18.8. The number of hydrogen-bond acceptors (Lipinski definition) is 4. The number of benzene rings is 1. The molecule has 134 valence electrons. The van der Waals surface area contributed by atoms with Crippen molar-refractivity contribution in [1.82, 2.24) is 4.90 Å². The number of carboxylic acids is 1. The van der Waals surface area contributed by atoms with Gasteiger partial charge in [0.1, 0.15) is 28.7 Å². The van der Waals surface area contributed by atoms with Gasteiger partial charge in [0.2, 0.25) is 0 Å². The van der Waals surface area contributed by atoms with Gasteiger partial charge in [-0.1, -0.05) is 11.6 Å². The van der Waals surface area contributed by atoms with Crippen LogP contribution in [0.5, 0.6) is 5.75 Å². The van der Waals surface area contributed by atoms with E-state index in [-0.39, 0.29) is 34.5 Å². The topological polar surface area (TPSA) is 80.0 Å². The number of carbonyl (C=O) groups excluding carboxylic acids is 1. The second-order valence-electron chi connectivity index (χ2n) is 5.52. The number of halogens is 2. The number of rotatable bonds is 6. The van der Waals surface area contributed by atoms with Crippen LogP contribution in [0.15, 0.2) is 28.7 Å². The first-order chi connectivity index (χ1) is 11.7. The SMILES string of the molecule is Cc1oc(CN(C)C(=O)[C@H](C)Oc2ccc(F)cc2Cl)cc1C(=O)O. The molecule has 1 amide bonds. The van der Waals surface area contributed by atoms with Crippen LogP contribution in [0.3, 0.4) is 0 Å². The third kappa shape index (κ3) is 4.51. The normalized spacial score (nSPS) is 11.9. The van der Waals surface area contributed by atoms with Gasteiger partial charge in [-0.2, -0.15) is 0 Å². The summed E-state index contributed by atoms with van der Waals surface area (Å²) in [6, 6.07) is 5.00. The molecule has 0 spiro atoms. The summed E-state index contributed by atoms with van der Waals surface area (Å²) in [6.07, 6.45) is -0.872. The summed E-state index contributed by atoms with van der Waals surface area (Å²) in [5.74, 6) is -1.16. The Kier molecular flexibility index (Phi) is 5.69. The van der Waals surface area contributed by atoms with E-state index in [0.717, 1.165) is 6.07 Å². The van der Waals surface area contributed by atoms with E-state index in [1.54, 1.807) is 0 Å². The number of hydrogen-bond donors (Lipinski definition) is 1. The molecule has 2 aromatic rings. The van der Waals surface area contributed by atoms with Crippen molar-refractivity contribution in [3.05, 3.63) is 52.2 Å². The Morgan fingerprint density at radius 3 is 2.64 bits per heavy atom. The van der Waals surface area contributed by atoms with E-state index < -0.39 is 17.9 Å². The Morgan fingerprint density at radius 1 is 1.40 bits per heavy atom. The summed E-state index contributed by atoms with van der Waals surface area (Å²) in [5.41, 5.74) is 0.0539. The van der Waals surface area contributed by atoms with E-state index in [1.807, 2.05) is 0 Å². The molecule has 0 radical (unpaired) electrons. The first-order valence-corrected chi connectivity index (χ1v) is 7.76. The van der Waals surface area contributed by atoms with Gasteiger partial charge >= 0.3 is 5.97 Å². The largest absolute Gasteiger partial charge is 0.479 e. The van der Waals surface area contributed by atoms with Crippen LogP contribution in [-0.4, -0.2) is 35.0 Å². The quantitative estimate of drug-likeness (QED) is 0.842. The van der Waals surface area contributed by atoms with Gasteiger partial charge in [-0.3, -0.25) is 4.79 Å². The van der Waals surface area contributed by atoms with Crippen molar-refractivity contribution < 1.29 is 28.2 Å². The van der Waals surface area contributed by atoms with E-state index in [0.29, 0.717) is 5.76 Å². The first-order valence-electron chi connectivity index (χ1n) is 7.38. The second-order valence-corrected chi connectivity index (χ2v) is 5.92. The fourth-order valence-electron chi connectivity index (χ4n) is 2.27. The lowest BCUT2D eigenvalue weighted by atomic mass is 10.2. The summed E-state index contributed by atoms with van der Waals surface area (Å²) in [6.45, 7) is 3.16. The van der Waals surface area contributed by atoms with Gasteiger partial charge < -0.3 is 19.2 Å². The number of amides is 1. The molecule has 0 saturated heterocycles. The Morgan fingerprint density at radius 2 is 2.08 bits per heavy atom. The molecule has 1 aromatic heterocycles. The second kappa shape index (κ2) is 7.57. The highest BCUT2D eigenvalue weighted by Gasteiger charge is 2.22. The van der Waals surface area contributed by atoms with Gasteiger partial charge in [0, 0.05) is 7.05 Å². The van der Waals surface area contributed by atoms with Crippen molar-refractivity contribution in [2.24, 2.45) is 0 Å². The number of aryl methyl sites for hydroxylation is 1. The van der Waals surface area contributed by atoms with Crippen LogP contribution in [0.1, 0.15) is 28.8 Å². The van der Waals surface area contributed by atoms with Crippen molar-refractivity contribution >= 4 is 23.5 Å². The van der Waals surface area contributed by atoms with Crippen LogP contribution in [0.2, 0.25) is 5.02 Å². The highest BCUT2D eigenvalue weighted by molar-refractivity contribution is 6.32. The van der Waals surface area contributed by atoms with Crippen molar-refractivity contribution in [2.45, 2.75) is 26.5 Å². The van der Waals surface area contributed by atoms with Crippen LogP contribution in [0.25, 0.3) is 0 Å². The summed E-state index contributed by atoms with van der Waals surface area (Å²) in [7, 11) is 1.53. The Hall–Kier alpha value is -2.54. The molecule has 1 atom stereocenters. The molecule has 0 aliphatic rings. The lowest BCUT2D eigenvalue weighted by molar-refractivity contribution is -0.137. The molecule has 1 N–H and O–H groups in total. The number of carboxylic acid groups (broad SMARTS) is 1. The highest BCUT2D eigenvalue weighted by Crippen LogP contribution is 2.26. The van der Waals surface area contributed by atoms with E-state index in [1.165, 1.54) is 44.0 Å². The number of nitrogens with zero attached hydrogens (tertiary/aromatic N) is 1. The van der Waals surface area contributed by atoms with Gasteiger partial charge in [0.25, 0.3) is 5.91 Å². The third-order valence-corrected chi connectivity index (χ3v) is 3.81. The van der Waals surface area contributed by atoms with Crippen molar-refractivity contribution in [1.29, 1.82) is 0 Å². The minimum atomic E-state index is -1.09. The average molecular weight is 370 g/mol. The average Bonchev–Trinajstić information content (AvgIpc) is 2.89. The molecule has 0 fully saturated rings. The Balaban J connectivity index is 2.03. The summed E-state index contributed by atoms with van der Waals surface area (Å²) < 4.78 is 23.9. The number of carbonyl (C=O) groups is 2. The predicted octanol–water partition coefficient (Wildman–Crippen LogP) is 3.50. The fraction of sp³-hybridized carbons (Fsp3) is 0.294. The maximum atomic E-state index is 13.0. The molecule has 0 aliphatic carbocycles. The Bertz CT molecular complexity index is 804. The minimum Gasteiger partial charge on any atom is -0.479 e. The zero-order valence-corrected chi connectivity index (χ0v) is 14.6. The predicted molar refractivity (Wildman–Crippen MR) is 88.4 cm³/mol.